The highest BCUT2D eigenvalue weighted by atomic mass is 35.5. The van der Waals surface area contributed by atoms with E-state index in [9.17, 15) is 5.11 Å². The number of hydrogen-bond acceptors (Lipinski definition) is 3. The topological polar surface area (TPSA) is 45.2 Å². The second kappa shape index (κ2) is 7.89. The molecule has 4 heteroatoms. The summed E-state index contributed by atoms with van der Waals surface area (Å²) < 4.78 is 0. The first-order valence-corrected chi connectivity index (χ1v) is 6.13. The Labute approximate surface area is 120 Å². The number of aliphatic hydroxyl groups excluding tert-OH is 1. The highest BCUT2D eigenvalue weighted by Gasteiger charge is 2.15. The van der Waals surface area contributed by atoms with Gasteiger partial charge in [-0.15, -0.1) is 0 Å². The number of nitrogens with zero attached hydrogens (tertiary/aromatic N) is 1. The monoisotopic (exact) mass is 277 g/mol. The van der Waals surface area contributed by atoms with Crippen molar-refractivity contribution in [2.45, 2.75) is 25.6 Å². The molecule has 0 bridgehead atoms. The van der Waals surface area contributed by atoms with E-state index in [4.69, 9.17) is 0 Å². The molecule has 2 unspecified atom stereocenters. The van der Waals surface area contributed by atoms with E-state index < -0.39 is 6.10 Å². The molecule has 19 heavy (non-hydrogen) atoms. The summed E-state index contributed by atoms with van der Waals surface area (Å²) in [5, 5.41) is 13.5. The minimum absolute atomic E-state index is 0. The Morgan fingerprint density at radius 3 is 2.42 bits per heavy atom. The third-order valence-electron chi connectivity index (χ3n) is 2.95. The van der Waals surface area contributed by atoms with Crippen LogP contribution in [0.5, 0.6) is 0 Å². The van der Waals surface area contributed by atoms with Crippen molar-refractivity contribution >= 4 is 0 Å². The molecule has 102 valence electrons. The summed E-state index contributed by atoms with van der Waals surface area (Å²) in [6.07, 6.45) is 1.27. The summed E-state index contributed by atoms with van der Waals surface area (Å²) >= 11 is 0. The summed E-state index contributed by atoms with van der Waals surface area (Å²) in [7, 11) is 0. The summed E-state index contributed by atoms with van der Waals surface area (Å²) in [5.74, 6) is 0. The van der Waals surface area contributed by atoms with Gasteiger partial charge >= 0.3 is 0 Å². The Morgan fingerprint density at radius 1 is 1.11 bits per heavy atom. The molecule has 1 aromatic carbocycles. The van der Waals surface area contributed by atoms with Crippen LogP contribution in [0.1, 0.15) is 24.3 Å². The first-order valence-electron chi connectivity index (χ1n) is 6.13. The van der Waals surface area contributed by atoms with E-state index in [0.717, 1.165) is 11.3 Å². The van der Waals surface area contributed by atoms with Gasteiger partial charge in [-0.25, -0.2) is 0 Å². The predicted octanol–water partition coefficient (Wildman–Crippen LogP) is -0.703. The maximum Gasteiger partial charge on any atom is 0.0940 e. The molecule has 0 spiro atoms. The number of rotatable bonds is 5. The third kappa shape index (κ3) is 4.63. The summed E-state index contributed by atoms with van der Waals surface area (Å²) in [4.78, 5) is 4.24. The lowest BCUT2D eigenvalue weighted by molar-refractivity contribution is -0.00000527. The normalized spacial score (nSPS) is 13.4. The smallest absolute Gasteiger partial charge is 0.0940 e. The second-order valence-corrected chi connectivity index (χ2v) is 4.35. The zero-order chi connectivity index (χ0) is 12.8. The van der Waals surface area contributed by atoms with Crippen LogP contribution in [0.3, 0.4) is 0 Å². The van der Waals surface area contributed by atoms with Crippen LogP contribution in [-0.4, -0.2) is 16.1 Å². The van der Waals surface area contributed by atoms with Gasteiger partial charge < -0.3 is 22.8 Å². The first-order chi connectivity index (χ1) is 8.77. The van der Waals surface area contributed by atoms with E-state index in [-0.39, 0.29) is 18.4 Å². The number of aliphatic hydroxyl groups is 1. The van der Waals surface area contributed by atoms with Crippen molar-refractivity contribution in [2.75, 3.05) is 0 Å². The van der Waals surface area contributed by atoms with Crippen molar-refractivity contribution in [1.82, 2.24) is 10.3 Å². The van der Waals surface area contributed by atoms with Crippen molar-refractivity contribution in [2.24, 2.45) is 0 Å². The molecule has 0 amide bonds. The molecule has 0 radical (unpaired) electrons. The van der Waals surface area contributed by atoms with Gasteiger partial charge in [0.2, 0.25) is 0 Å². The lowest BCUT2D eigenvalue weighted by atomic mass is 10.0. The van der Waals surface area contributed by atoms with Gasteiger partial charge in [0.25, 0.3) is 0 Å². The highest BCUT2D eigenvalue weighted by molar-refractivity contribution is 5.18. The number of pyridine rings is 1. The molecule has 1 aromatic heterocycles. The maximum absolute atomic E-state index is 10.2. The van der Waals surface area contributed by atoms with Gasteiger partial charge in [-0.1, -0.05) is 36.4 Å². The lowest BCUT2D eigenvalue weighted by Crippen LogP contribution is -3.00. The van der Waals surface area contributed by atoms with E-state index in [2.05, 4.69) is 10.3 Å². The predicted molar refractivity (Wildman–Crippen MR) is 71.9 cm³/mol. The average molecular weight is 278 g/mol. The molecule has 0 aliphatic carbocycles. The van der Waals surface area contributed by atoms with E-state index in [1.54, 1.807) is 6.20 Å². The minimum atomic E-state index is -0.505. The van der Waals surface area contributed by atoms with E-state index in [1.807, 2.05) is 55.5 Å². The summed E-state index contributed by atoms with van der Waals surface area (Å²) in [5.41, 5.74) is 1.91. The molecular weight excluding hydrogens is 260 g/mol. The molecule has 2 rings (SSSR count). The SMILES string of the molecule is CC(NCc1ccccn1)C(O)c1ccccc1.[Cl-]. The van der Waals surface area contributed by atoms with Crippen LogP contribution in [0, 0.1) is 0 Å². The van der Waals surface area contributed by atoms with Crippen LogP contribution in [0.2, 0.25) is 0 Å². The van der Waals surface area contributed by atoms with Gasteiger partial charge in [0.05, 0.1) is 11.8 Å². The zero-order valence-electron chi connectivity index (χ0n) is 10.8. The Bertz CT molecular complexity index is 464. The van der Waals surface area contributed by atoms with E-state index >= 15 is 0 Å². The van der Waals surface area contributed by atoms with Gasteiger partial charge in [0, 0.05) is 18.8 Å². The summed E-state index contributed by atoms with van der Waals surface area (Å²) in [6.45, 7) is 2.63. The molecule has 0 saturated heterocycles. The molecular formula is C15H18ClN2O-. The maximum atomic E-state index is 10.2. The van der Waals surface area contributed by atoms with Crippen molar-refractivity contribution in [3.63, 3.8) is 0 Å². The lowest BCUT2D eigenvalue weighted by Gasteiger charge is -2.20. The summed E-state index contributed by atoms with van der Waals surface area (Å²) in [6, 6.07) is 15.5. The van der Waals surface area contributed by atoms with Gasteiger partial charge in [0.1, 0.15) is 0 Å². The fourth-order valence-corrected chi connectivity index (χ4v) is 1.82. The Kier molecular flexibility index (Phi) is 6.50. The van der Waals surface area contributed by atoms with Crippen LogP contribution < -0.4 is 17.7 Å². The van der Waals surface area contributed by atoms with Crippen molar-refractivity contribution < 1.29 is 17.5 Å². The first kappa shape index (κ1) is 15.6. The quantitative estimate of drug-likeness (QED) is 0.760. The average Bonchev–Trinajstić information content (AvgIpc) is 2.46. The van der Waals surface area contributed by atoms with Crippen LogP contribution in [0.25, 0.3) is 0 Å². The van der Waals surface area contributed by atoms with Crippen molar-refractivity contribution in [3.05, 3.63) is 66.0 Å². The number of aromatic nitrogens is 1. The molecule has 2 N–H and O–H groups in total. The zero-order valence-corrected chi connectivity index (χ0v) is 11.6. The molecule has 0 aliphatic rings. The van der Waals surface area contributed by atoms with Crippen LogP contribution in [0.4, 0.5) is 0 Å². The minimum Gasteiger partial charge on any atom is -1.00 e. The van der Waals surface area contributed by atoms with Crippen LogP contribution in [-0.2, 0) is 6.54 Å². The molecule has 0 saturated carbocycles. The Morgan fingerprint density at radius 2 is 1.79 bits per heavy atom. The molecule has 1 heterocycles. The van der Waals surface area contributed by atoms with Gasteiger partial charge in [-0.05, 0) is 24.6 Å². The fraction of sp³-hybridized carbons (Fsp3) is 0.267. The van der Waals surface area contributed by atoms with Gasteiger partial charge in [-0.2, -0.15) is 0 Å². The van der Waals surface area contributed by atoms with Gasteiger partial charge in [0.15, 0.2) is 0 Å². The largest absolute Gasteiger partial charge is 1.00 e. The molecule has 3 nitrogen and oxygen atoms in total. The Hall–Kier alpha value is -1.42. The number of hydrogen-bond donors (Lipinski definition) is 2. The second-order valence-electron chi connectivity index (χ2n) is 4.35. The molecule has 0 fully saturated rings. The van der Waals surface area contributed by atoms with E-state index in [1.165, 1.54) is 0 Å². The van der Waals surface area contributed by atoms with Crippen LogP contribution in [0.15, 0.2) is 54.7 Å². The Balaban J connectivity index is 0.00000180. The number of nitrogens with one attached hydrogen (secondary N) is 1. The standard InChI is InChI=1S/C15H18N2O.ClH/c1-12(15(18)13-7-3-2-4-8-13)17-11-14-9-5-6-10-16-14;/h2-10,12,15,17-18H,11H2,1H3;1H/p-1. The number of benzene rings is 1. The molecule has 0 aliphatic heterocycles. The van der Waals surface area contributed by atoms with E-state index in [0.29, 0.717) is 6.54 Å². The molecule has 2 atom stereocenters. The third-order valence-corrected chi connectivity index (χ3v) is 2.95. The number of halogens is 1. The fourth-order valence-electron chi connectivity index (χ4n) is 1.82. The van der Waals surface area contributed by atoms with Crippen molar-refractivity contribution in [1.29, 1.82) is 0 Å². The molecule has 2 aromatic rings. The van der Waals surface area contributed by atoms with Crippen molar-refractivity contribution in [3.8, 4) is 0 Å². The van der Waals surface area contributed by atoms with Crippen LogP contribution >= 0.6 is 0 Å². The highest BCUT2D eigenvalue weighted by Crippen LogP contribution is 2.16. The van der Waals surface area contributed by atoms with Gasteiger partial charge in [-0.3, -0.25) is 4.98 Å².